The van der Waals surface area contributed by atoms with Crippen molar-refractivity contribution in [3.8, 4) is 11.5 Å². The maximum absolute atomic E-state index is 5.82. The van der Waals surface area contributed by atoms with Crippen LogP contribution in [0.1, 0.15) is 26.0 Å². The van der Waals surface area contributed by atoms with E-state index < -0.39 is 0 Å². The molecule has 0 amide bonds. The molecule has 27 heavy (non-hydrogen) atoms. The number of aromatic nitrogens is 2. The summed E-state index contributed by atoms with van der Waals surface area (Å²) in [5, 5.41) is 6.63. The lowest BCUT2D eigenvalue weighted by Gasteiger charge is -2.11. The number of para-hydroxylation sites is 1. The molecule has 1 heterocycles. The molecule has 3 aromatic rings. The van der Waals surface area contributed by atoms with Gasteiger partial charge in [-0.05, 0) is 55.7 Å². The lowest BCUT2D eigenvalue weighted by Crippen LogP contribution is -2.09. The molecule has 0 aliphatic rings. The minimum Gasteiger partial charge on any atom is -0.457 e. The Kier molecular flexibility index (Phi) is 6.26. The molecule has 0 fully saturated rings. The second kappa shape index (κ2) is 9.03. The summed E-state index contributed by atoms with van der Waals surface area (Å²) in [5.41, 5.74) is 1.87. The summed E-state index contributed by atoms with van der Waals surface area (Å²) in [6, 6.07) is 19.5. The highest BCUT2D eigenvalue weighted by Gasteiger charge is 2.04. The van der Waals surface area contributed by atoms with Crippen molar-refractivity contribution >= 4 is 17.5 Å². The van der Waals surface area contributed by atoms with Crippen molar-refractivity contribution < 1.29 is 4.74 Å². The molecule has 0 aliphatic carbocycles. The van der Waals surface area contributed by atoms with Crippen molar-refractivity contribution in [2.24, 2.45) is 5.92 Å². The van der Waals surface area contributed by atoms with Crippen LogP contribution in [0.4, 0.5) is 17.5 Å². The molecule has 0 unspecified atom stereocenters. The molecule has 5 nitrogen and oxygen atoms in total. The highest BCUT2D eigenvalue weighted by atomic mass is 16.5. The van der Waals surface area contributed by atoms with E-state index in [-0.39, 0.29) is 0 Å². The molecule has 5 heteroatoms. The Hall–Kier alpha value is -3.08. The molecule has 0 saturated carbocycles. The zero-order valence-electron chi connectivity index (χ0n) is 16.1. The average Bonchev–Trinajstić information content (AvgIpc) is 2.63. The first-order valence-corrected chi connectivity index (χ1v) is 9.28. The molecule has 0 aliphatic heterocycles. The fourth-order valence-corrected chi connectivity index (χ4v) is 2.56. The molecule has 2 aromatic carbocycles. The normalized spacial score (nSPS) is 10.7. The van der Waals surface area contributed by atoms with E-state index in [1.54, 1.807) is 0 Å². The minimum absolute atomic E-state index is 0.650. The Balaban J connectivity index is 1.63. The third-order valence-corrected chi connectivity index (χ3v) is 3.96. The van der Waals surface area contributed by atoms with Gasteiger partial charge in [0.25, 0.3) is 0 Å². The number of ether oxygens (including phenoxy) is 1. The number of aryl methyl sites for hydroxylation is 1. The van der Waals surface area contributed by atoms with Crippen molar-refractivity contribution in [3.63, 3.8) is 0 Å². The van der Waals surface area contributed by atoms with Crippen molar-refractivity contribution in [3.05, 3.63) is 66.4 Å². The van der Waals surface area contributed by atoms with Gasteiger partial charge in [0.2, 0.25) is 5.95 Å². The average molecular weight is 362 g/mol. The largest absolute Gasteiger partial charge is 0.457 e. The van der Waals surface area contributed by atoms with E-state index in [0.717, 1.165) is 41.7 Å². The maximum atomic E-state index is 5.82. The van der Waals surface area contributed by atoms with E-state index in [1.165, 1.54) is 0 Å². The standard InChI is InChI=1S/C22H26N4O/c1-16(2)13-14-23-22-24-17(3)15-21(26-22)25-18-9-11-20(12-10-18)27-19-7-5-4-6-8-19/h4-12,15-16H,13-14H2,1-3H3,(H2,23,24,25,26). The first-order chi connectivity index (χ1) is 13.1. The van der Waals surface area contributed by atoms with Gasteiger partial charge in [-0.1, -0.05) is 32.0 Å². The van der Waals surface area contributed by atoms with Crippen LogP contribution in [0.5, 0.6) is 11.5 Å². The summed E-state index contributed by atoms with van der Waals surface area (Å²) in [6.45, 7) is 7.25. The van der Waals surface area contributed by atoms with Gasteiger partial charge in [0, 0.05) is 24.0 Å². The van der Waals surface area contributed by atoms with Gasteiger partial charge in [0.15, 0.2) is 0 Å². The van der Waals surface area contributed by atoms with Gasteiger partial charge in [-0.15, -0.1) is 0 Å². The lowest BCUT2D eigenvalue weighted by molar-refractivity contribution is 0.483. The zero-order chi connectivity index (χ0) is 19.1. The maximum Gasteiger partial charge on any atom is 0.224 e. The molecule has 0 saturated heterocycles. The Labute approximate surface area is 160 Å². The Morgan fingerprint density at radius 1 is 0.926 bits per heavy atom. The van der Waals surface area contributed by atoms with Crippen LogP contribution in [0, 0.1) is 12.8 Å². The Morgan fingerprint density at radius 2 is 1.63 bits per heavy atom. The van der Waals surface area contributed by atoms with Crippen molar-refractivity contribution in [1.82, 2.24) is 9.97 Å². The van der Waals surface area contributed by atoms with E-state index in [9.17, 15) is 0 Å². The monoisotopic (exact) mass is 362 g/mol. The number of nitrogens with zero attached hydrogens (tertiary/aromatic N) is 2. The molecule has 1 aromatic heterocycles. The SMILES string of the molecule is Cc1cc(Nc2ccc(Oc3ccccc3)cc2)nc(NCCC(C)C)n1. The van der Waals surface area contributed by atoms with Gasteiger partial charge in [-0.2, -0.15) is 4.98 Å². The molecule has 0 bridgehead atoms. The first kappa shape index (κ1) is 18.7. The number of nitrogens with one attached hydrogen (secondary N) is 2. The second-order valence-electron chi connectivity index (χ2n) is 6.89. The number of hydrogen-bond acceptors (Lipinski definition) is 5. The summed E-state index contributed by atoms with van der Waals surface area (Å²) in [5.74, 6) is 3.69. The number of anilines is 3. The third-order valence-electron chi connectivity index (χ3n) is 3.96. The van der Waals surface area contributed by atoms with Gasteiger partial charge >= 0.3 is 0 Å². The van der Waals surface area contributed by atoms with Gasteiger partial charge in [0.05, 0.1) is 0 Å². The Bertz CT molecular complexity index is 848. The topological polar surface area (TPSA) is 59.1 Å². The molecule has 140 valence electrons. The van der Waals surface area contributed by atoms with Crippen molar-refractivity contribution in [2.45, 2.75) is 27.2 Å². The lowest BCUT2D eigenvalue weighted by atomic mass is 10.1. The minimum atomic E-state index is 0.650. The van der Waals surface area contributed by atoms with Crippen molar-refractivity contribution in [2.75, 3.05) is 17.2 Å². The van der Waals surface area contributed by atoms with Crippen LogP contribution in [0.3, 0.4) is 0 Å². The summed E-state index contributed by atoms with van der Waals surface area (Å²) >= 11 is 0. The van der Waals surface area contributed by atoms with E-state index in [0.29, 0.717) is 11.9 Å². The molecule has 2 N–H and O–H groups in total. The molecular formula is C22H26N4O. The van der Waals surface area contributed by atoms with Crippen LogP contribution in [0.2, 0.25) is 0 Å². The number of rotatable bonds is 8. The predicted octanol–water partition coefficient (Wildman–Crippen LogP) is 5.78. The third kappa shape index (κ3) is 5.99. The molecule has 3 rings (SSSR count). The quantitative estimate of drug-likeness (QED) is 0.532. The van der Waals surface area contributed by atoms with Gasteiger partial charge in [-0.25, -0.2) is 4.98 Å². The number of benzene rings is 2. The summed E-state index contributed by atoms with van der Waals surface area (Å²) in [4.78, 5) is 9.00. The molecule has 0 radical (unpaired) electrons. The highest BCUT2D eigenvalue weighted by molar-refractivity contribution is 5.58. The summed E-state index contributed by atoms with van der Waals surface area (Å²) in [6.07, 6.45) is 1.09. The van der Waals surface area contributed by atoms with Crippen LogP contribution in [0.15, 0.2) is 60.7 Å². The van der Waals surface area contributed by atoms with Gasteiger partial charge in [0.1, 0.15) is 17.3 Å². The van der Waals surface area contributed by atoms with Crippen LogP contribution in [0.25, 0.3) is 0 Å². The first-order valence-electron chi connectivity index (χ1n) is 9.28. The van der Waals surface area contributed by atoms with E-state index in [2.05, 4.69) is 34.4 Å². The fraction of sp³-hybridized carbons (Fsp3) is 0.273. The van der Waals surface area contributed by atoms with Crippen LogP contribution in [-0.2, 0) is 0 Å². The van der Waals surface area contributed by atoms with E-state index >= 15 is 0 Å². The zero-order valence-corrected chi connectivity index (χ0v) is 16.1. The summed E-state index contributed by atoms with van der Waals surface area (Å²) in [7, 11) is 0. The van der Waals surface area contributed by atoms with Gasteiger partial charge < -0.3 is 15.4 Å². The smallest absolute Gasteiger partial charge is 0.224 e. The fourth-order valence-electron chi connectivity index (χ4n) is 2.56. The van der Waals surface area contributed by atoms with E-state index in [4.69, 9.17) is 4.74 Å². The van der Waals surface area contributed by atoms with Crippen LogP contribution in [-0.4, -0.2) is 16.5 Å². The highest BCUT2D eigenvalue weighted by Crippen LogP contribution is 2.24. The van der Waals surface area contributed by atoms with Crippen molar-refractivity contribution in [1.29, 1.82) is 0 Å². The second-order valence-corrected chi connectivity index (χ2v) is 6.89. The van der Waals surface area contributed by atoms with Gasteiger partial charge in [-0.3, -0.25) is 0 Å². The van der Waals surface area contributed by atoms with E-state index in [1.807, 2.05) is 67.6 Å². The molecule has 0 spiro atoms. The van der Waals surface area contributed by atoms with Crippen LogP contribution < -0.4 is 15.4 Å². The summed E-state index contributed by atoms with van der Waals surface area (Å²) < 4.78 is 5.82. The Morgan fingerprint density at radius 3 is 2.33 bits per heavy atom. The number of hydrogen-bond donors (Lipinski definition) is 2. The predicted molar refractivity (Wildman–Crippen MR) is 111 cm³/mol. The van der Waals surface area contributed by atoms with Crippen LogP contribution >= 0.6 is 0 Å². The molecule has 0 atom stereocenters. The molecular weight excluding hydrogens is 336 g/mol.